The number of hydrogen-bond donors (Lipinski definition) is 1. The molecule has 0 aliphatic rings. The molecular weight excluding hydrogens is 272 g/mol. The van der Waals surface area contributed by atoms with Crippen LogP contribution in [0, 0.1) is 11.3 Å². The summed E-state index contributed by atoms with van der Waals surface area (Å²) >= 11 is 1.35. The lowest BCUT2D eigenvalue weighted by molar-refractivity contribution is -0.117. The predicted octanol–water partition coefficient (Wildman–Crippen LogP) is 3.37. The normalized spacial score (nSPS) is 11.4. The van der Waals surface area contributed by atoms with Crippen molar-refractivity contribution in [3.63, 3.8) is 0 Å². The van der Waals surface area contributed by atoms with Crippen LogP contribution < -0.4 is 10.1 Å². The van der Waals surface area contributed by atoms with E-state index in [2.05, 4.69) is 11.4 Å². The second kappa shape index (κ2) is 6.22. The molecule has 0 aliphatic heterocycles. The van der Waals surface area contributed by atoms with Gasteiger partial charge in [-0.1, -0.05) is 12.1 Å². The molecule has 0 unspecified atom stereocenters. The van der Waals surface area contributed by atoms with Crippen molar-refractivity contribution in [3.8, 4) is 11.8 Å². The van der Waals surface area contributed by atoms with E-state index in [-0.39, 0.29) is 11.8 Å². The van der Waals surface area contributed by atoms with Crippen molar-refractivity contribution in [2.75, 3.05) is 12.4 Å². The van der Waals surface area contributed by atoms with Crippen LogP contribution in [0.15, 0.2) is 35.7 Å². The minimum atomic E-state index is -0.297. The van der Waals surface area contributed by atoms with E-state index in [0.29, 0.717) is 10.6 Å². The van der Waals surface area contributed by atoms with Crippen LogP contribution in [0.5, 0.6) is 5.75 Å². The summed E-state index contributed by atoms with van der Waals surface area (Å²) in [4.78, 5) is 12.2. The van der Waals surface area contributed by atoms with E-state index in [1.807, 2.05) is 31.2 Å². The first-order valence-corrected chi connectivity index (χ1v) is 6.96. The molecule has 4 nitrogen and oxygen atoms in total. The third kappa shape index (κ3) is 2.98. The number of benzene rings is 1. The third-order valence-corrected chi connectivity index (χ3v) is 3.86. The molecule has 0 aliphatic carbocycles. The van der Waals surface area contributed by atoms with Gasteiger partial charge in [-0.2, -0.15) is 5.26 Å². The van der Waals surface area contributed by atoms with Gasteiger partial charge in [-0.3, -0.25) is 4.79 Å². The smallest absolute Gasteiger partial charge is 0.232 e. The van der Waals surface area contributed by atoms with Crippen molar-refractivity contribution in [3.05, 3.63) is 46.8 Å². The van der Waals surface area contributed by atoms with Gasteiger partial charge >= 0.3 is 0 Å². The molecule has 0 fully saturated rings. The molecule has 0 saturated heterocycles. The summed E-state index contributed by atoms with van der Waals surface area (Å²) in [5, 5.41) is 14.1. The molecule has 5 heteroatoms. The zero-order valence-electron chi connectivity index (χ0n) is 11.2. The van der Waals surface area contributed by atoms with E-state index in [9.17, 15) is 4.79 Å². The quantitative estimate of drug-likeness (QED) is 0.937. The number of hydrogen-bond acceptors (Lipinski definition) is 4. The van der Waals surface area contributed by atoms with Gasteiger partial charge in [0.15, 0.2) is 0 Å². The Bertz CT molecular complexity index is 641. The predicted molar refractivity (Wildman–Crippen MR) is 79.1 cm³/mol. The van der Waals surface area contributed by atoms with Crippen molar-refractivity contribution in [1.82, 2.24) is 0 Å². The summed E-state index contributed by atoms with van der Waals surface area (Å²) in [6.07, 6.45) is 0. The maximum atomic E-state index is 12.2. The minimum Gasteiger partial charge on any atom is -0.497 e. The van der Waals surface area contributed by atoms with Crippen LogP contribution in [0.2, 0.25) is 0 Å². The lowest BCUT2D eigenvalue weighted by Gasteiger charge is -2.12. The lowest BCUT2D eigenvalue weighted by atomic mass is 10.0. The van der Waals surface area contributed by atoms with Gasteiger partial charge in [-0.05, 0) is 36.1 Å². The molecule has 20 heavy (non-hydrogen) atoms. The van der Waals surface area contributed by atoms with Crippen LogP contribution in [0.4, 0.5) is 5.00 Å². The minimum absolute atomic E-state index is 0.130. The van der Waals surface area contributed by atoms with Crippen molar-refractivity contribution < 1.29 is 9.53 Å². The lowest BCUT2D eigenvalue weighted by Crippen LogP contribution is -2.18. The van der Waals surface area contributed by atoms with Crippen molar-refractivity contribution in [2.45, 2.75) is 12.8 Å². The summed E-state index contributed by atoms with van der Waals surface area (Å²) in [5.41, 5.74) is 1.39. The van der Waals surface area contributed by atoms with Crippen LogP contribution in [-0.2, 0) is 4.79 Å². The summed E-state index contributed by atoms with van der Waals surface area (Å²) in [6.45, 7) is 1.83. The van der Waals surface area contributed by atoms with Gasteiger partial charge in [-0.15, -0.1) is 11.3 Å². The van der Waals surface area contributed by atoms with Crippen LogP contribution in [0.1, 0.15) is 24.0 Å². The Morgan fingerprint density at radius 2 is 2.05 bits per heavy atom. The molecule has 0 saturated carbocycles. The Kier molecular flexibility index (Phi) is 4.38. The first-order valence-electron chi connectivity index (χ1n) is 6.08. The Hall–Kier alpha value is -2.32. The van der Waals surface area contributed by atoms with Crippen molar-refractivity contribution in [1.29, 1.82) is 5.26 Å². The fourth-order valence-corrected chi connectivity index (χ4v) is 2.50. The second-order valence-electron chi connectivity index (χ2n) is 4.26. The molecule has 1 atom stereocenters. The average molecular weight is 286 g/mol. The molecule has 1 aromatic heterocycles. The molecule has 1 amide bonds. The van der Waals surface area contributed by atoms with E-state index < -0.39 is 0 Å². The van der Waals surface area contributed by atoms with Gasteiger partial charge in [-0.25, -0.2) is 0 Å². The SMILES string of the molecule is COc1ccc([C@H](C)C(=O)Nc2sccc2C#N)cc1. The second-order valence-corrected chi connectivity index (χ2v) is 5.18. The Labute approximate surface area is 121 Å². The molecule has 1 heterocycles. The molecular formula is C15H14N2O2S. The first-order chi connectivity index (χ1) is 9.65. The van der Waals surface area contributed by atoms with Gasteiger partial charge in [0.1, 0.15) is 16.8 Å². The summed E-state index contributed by atoms with van der Waals surface area (Å²) < 4.78 is 5.09. The standard InChI is InChI=1S/C15H14N2O2S/c1-10(11-3-5-13(19-2)6-4-11)14(18)17-15-12(9-16)7-8-20-15/h3-8,10H,1-2H3,(H,17,18)/t10-/m0/s1. The van der Waals surface area contributed by atoms with Gasteiger partial charge in [0.2, 0.25) is 5.91 Å². The van der Waals surface area contributed by atoms with E-state index in [1.165, 1.54) is 11.3 Å². The topological polar surface area (TPSA) is 62.1 Å². The van der Waals surface area contributed by atoms with E-state index >= 15 is 0 Å². The van der Waals surface area contributed by atoms with Crippen molar-refractivity contribution >= 4 is 22.2 Å². The third-order valence-electron chi connectivity index (χ3n) is 3.03. The van der Waals surface area contributed by atoms with E-state index in [0.717, 1.165) is 11.3 Å². The molecule has 2 aromatic rings. The molecule has 0 bridgehead atoms. The zero-order valence-corrected chi connectivity index (χ0v) is 12.0. The highest BCUT2D eigenvalue weighted by molar-refractivity contribution is 7.14. The summed E-state index contributed by atoms with van der Waals surface area (Å²) in [7, 11) is 1.60. The van der Waals surface area contributed by atoms with E-state index in [1.54, 1.807) is 18.6 Å². The summed E-state index contributed by atoms with van der Waals surface area (Å²) in [5.74, 6) is 0.329. The molecule has 0 spiro atoms. The molecule has 0 radical (unpaired) electrons. The van der Waals surface area contributed by atoms with Gasteiger partial charge < -0.3 is 10.1 Å². The first kappa shape index (κ1) is 14.1. The van der Waals surface area contributed by atoms with E-state index in [4.69, 9.17) is 10.00 Å². The van der Waals surface area contributed by atoms with Gasteiger partial charge in [0.25, 0.3) is 0 Å². The fourth-order valence-electron chi connectivity index (χ4n) is 1.76. The highest BCUT2D eigenvalue weighted by Crippen LogP contribution is 2.25. The number of carbonyl (C=O) groups excluding carboxylic acids is 1. The van der Waals surface area contributed by atoms with Gasteiger partial charge in [0, 0.05) is 0 Å². The molecule has 1 N–H and O–H groups in total. The maximum absolute atomic E-state index is 12.2. The average Bonchev–Trinajstić information content (AvgIpc) is 2.93. The number of nitrogens with one attached hydrogen (secondary N) is 1. The largest absolute Gasteiger partial charge is 0.497 e. The number of thiophene rings is 1. The Balaban J connectivity index is 2.10. The number of ether oxygens (including phenoxy) is 1. The number of amides is 1. The van der Waals surface area contributed by atoms with Crippen molar-refractivity contribution in [2.24, 2.45) is 0 Å². The maximum Gasteiger partial charge on any atom is 0.232 e. The molecule has 2 rings (SSSR count). The fraction of sp³-hybridized carbons (Fsp3) is 0.200. The number of methoxy groups -OCH3 is 1. The highest BCUT2D eigenvalue weighted by Gasteiger charge is 2.17. The monoisotopic (exact) mass is 286 g/mol. The Morgan fingerprint density at radius 1 is 1.35 bits per heavy atom. The van der Waals surface area contributed by atoms with Crippen LogP contribution in [0.25, 0.3) is 0 Å². The highest BCUT2D eigenvalue weighted by atomic mass is 32.1. The summed E-state index contributed by atoms with van der Waals surface area (Å²) in [6, 6.07) is 11.1. The number of nitriles is 1. The number of anilines is 1. The van der Waals surface area contributed by atoms with Crippen LogP contribution in [-0.4, -0.2) is 13.0 Å². The van der Waals surface area contributed by atoms with Crippen LogP contribution >= 0.6 is 11.3 Å². The number of nitrogens with zero attached hydrogens (tertiary/aromatic N) is 1. The van der Waals surface area contributed by atoms with Crippen LogP contribution in [0.3, 0.4) is 0 Å². The molecule has 102 valence electrons. The number of rotatable bonds is 4. The van der Waals surface area contributed by atoms with Gasteiger partial charge in [0.05, 0.1) is 18.6 Å². The zero-order chi connectivity index (χ0) is 14.5. The number of carbonyl (C=O) groups is 1. The molecule has 1 aromatic carbocycles. The Morgan fingerprint density at radius 3 is 2.65 bits per heavy atom.